The molecule has 0 aliphatic rings. The van der Waals surface area contributed by atoms with Gasteiger partial charge in [-0.05, 0) is 56.9 Å². The fourth-order valence-electron chi connectivity index (χ4n) is 3.04. The second-order valence-electron chi connectivity index (χ2n) is 8.55. The number of amides is 1. The molecule has 2 rings (SSSR count). The van der Waals surface area contributed by atoms with Gasteiger partial charge in [-0.3, -0.25) is 4.90 Å². The summed E-state index contributed by atoms with van der Waals surface area (Å²) in [5.74, 6) is -0.639. The maximum atomic E-state index is 12.9. The molecule has 2 aromatic rings. The molecule has 0 aliphatic carbocycles. The van der Waals surface area contributed by atoms with Crippen molar-refractivity contribution < 1.29 is 32.2 Å². The molecular formula is C24H27ClF3NO4. The molecule has 0 heterocycles. The minimum absolute atomic E-state index is 0.0273. The molecule has 9 heteroatoms. The van der Waals surface area contributed by atoms with Crippen LogP contribution >= 0.6 is 11.6 Å². The first-order chi connectivity index (χ1) is 15.3. The lowest BCUT2D eigenvalue weighted by molar-refractivity contribution is -0.160. The highest BCUT2D eigenvalue weighted by molar-refractivity contribution is 6.31. The van der Waals surface area contributed by atoms with Crippen molar-refractivity contribution in [2.24, 2.45) is 0 Å². The molecule has 0 fully saturated rings. The first-order valence-corrected chi connectivity index (χ1v) is 10.7. The van der Waals surface area contributed by atoms with Crippen molar-refractivity contribution in [1.29, 1.82) is 0 Å². The maximum Gasteiger partial charge on any atom is 0.417 e. The number of likely N-dealkylation sites (N-methyl/N-ethyl adjacent to an activating group) is 1. The van der Waals surface area contributed by atoms with Crippen LogP contribution in [0, 0.1) is 0 Å². The first kappa shape index (κ1) is 26.5. The number of carbonyl (C=O) groups excluding carboxylic acids is 2. The molecular weight excluding hydrogens is 459 g/mol. The lowest BCUT2D eigenvalue weighted by Crippen LogP contribution is -2.45. The van der Waals surface area contributed by atoms with Crippen LogP contribution in [0.15, 0.2) is 48.5 Å². The summed E-state index contributed by atoms with van der Waals surface area (Å²) in [6.07, 6.45) is -4.98. The monoisotopic (exact) mass is 485 g/mol. The van der Waals surface area contributed by atoms with E-state index in [-0.39, 0.29) is 19.4 Å². The van der Waals surface area contributed by atoms with Crippen LogP contribution in [-0.2, 0) is 33.5 Å². The van der Waals surface area contributed by atoms with Gasteiger partial charge >= 0.3 is 18.2 Å². The Morgan fingerprint density at radius 3 is 2.21 bits per heavy atom. The number of alkyl halides is 3. The van der Waals surface area contributed by atoms with E-state index in [9.17, 15) is 22.8 Å². The predicted octanol–water partition coefficient (Wildman–Crippen LogP) is 6.27. The molecule has 1 unspecified atom stereocenters. The molecule has 1 amide bonds. The highest BCUT2D eigenvalue weighted by Crippen LogP contribution is 2.35. The van der Waals surface area contributed by atoms with E-state index in [0.717, 1.165) is 16.5 Å². The van der Waals surface area contributed by atoms with E-state index in [4.69, 9.17) is 21.1 Å². The lowest BCUT2D eigenvalue weighted by Gasteiger charge is -2.29. The van der Waals surface area contributed by atoms with E-state index in [2.05, 4.69) is 0 Å². The first-order valence-electron chi connectivity index (χ1n) is 10.3. The molecule has 0 saturated heterocycles. The lowest BCUT2D eigenvalue weighted by atomic mass is 10.0. The zero-order valence-corrected chi connectivity index (χ0v) is 19.7. The van der Waals surface area contributed by atoms with Crippen molar-refractivity contribution in [1.82, 2.24) is 4.90 Å². The number of benzene rings is 2. The molecule has 1 atom stereocenters. The van der Waals surface area contributed by atoms with Gasteiger partial charge in [-0.1, -0.05) is 48.0 Å². The maximum absolute atomic E-state index is 12.9. The number of aryl methyl sites for hydroxylation is 1. The number of hydrogen-bond donors (Lipinski definition) is 0. The summed E-state index contributed by atoms with van der Waals surface area (Å²) in [6.45, 7) is 5.13. The highest BCUT2D eigenvalue weighted by Gasteiger charge is 2.34. The molecule has 0 radical (unpaired) electrons. The zero-order chi connectivity index (χ0) is 24.8. The van der Waals surface area contributed by atoms with Crippen LogP contribution < -0.4 is 0 Å². The Labute approximate surface area is 196 Å². The second-order valence-corrected chi connectivity index (χ2v) is 8.96. The van der Waals surface area contributed by atoms with Gasteiger partial charge in [-0.15, -0.1) is 0 Å². The van der Waals surface area contributed by atoms with E-state index in [1.807, 2.05) is 18.2 Å². The summed E-state index contributed by atoms with van der Waals surface area (Å²) in [5, 5.41) is -0.426. The Bertz CT molecular complexity index is 958. The Hall–Kier alpha value is -2.74. The third kappa shape index (κ3) is 8.28. The van der Waals surface area contributed by atoms with Crippen molar-refractivity contribution >= 4 is 23.7 Å². The molecule has 5 nitrogen and oxygen atoms in total. The number of hydrogen-bond acceptors (Lipinski definition) is 4. The van der Waals surface area contributed by atoms with Gasteiger partial charge in [-0.2, -0.15) is 13.2 Å². The Kier molecular flexibility index (Phi) is 8.77. The Morgan fingerprint density at radius 2 is 1.67 bits per heavy atom. The molecule has 2 aromatic carbocycles. The number of esters is 1. The fourth-order valence-corrected chi connectivity index (χ4v) is 3.35. The molecule has 33 heavy (non-hydrogen) atoms. The average Bonchev–Trinajstić information content (AvgIpc) is 2.70. The van der Waals surface area contributed by atoms with Crippen LogP contribution in [0.2, 0.25) is 5.02 Å². The SMILES string of the molecule is CN(C(=O)OCc1ccccc1)C(CCc1ccc(C(F)(F)F)c(Cl)c1)C(=O)OC(C)(C)C. The van der Waals surface area contributed by atoms with Crippen LogP contribution in [0.4, 0.5) is 18.0 Å². The Balaban J connectivity index is 2.13. The van der Waals surface area contributed by atoms with Crippen LogP contribution in [0.25, 0.3) is 0 Å². The summed E-state index contributed by atoms with van der Waals surface area (Å²) in [7, 11) is 1.42. The average molecular weight is 486 g/mol. The standard InChI is InChI=1S/C24H27ClF3NO4/c1-23(2,3)33-21(30)20(29(4)22(31)32-15-17-8-6-5-7-9-17)13-11-16-10-12-18(19(25)14-16)24(26,27)28/h5-10,12,14,20H,11,13,15H2,1-4H3. The van der Waals surface area contributed by atoms with Crippen molar-refractivity contribution in [2.75, 3.05) is 7.05 Å². The van der Waals surface area contributed by atoms with E-state index < -0.39 is 40.5 Å². The fraction of sp³-hybridized carbons (Fsp3) is 0.417. The van der Waals surface area contributed by atoms with Crippen LogP contribution in [0.5, 0.6) is 0 Å². The van der Waals surface area contributed by atoms with Crippen LogP contribution in [0.3, 0.4) is 0 Å². The minimum atomic E-state index is -4.56. The van der Waals surface area contributed by atoms with Crippen LogP contribution in [-0.4, -0.2) is 35.7 Å². The summed E-state index contributed by atoms with van der Waals surface area (Å²) in [4.78, 5) is 26.5. The van der Waals surface area contributed by atoms with Crippen molar-refractivity contribution in [3.63, 3.8) is 0 Å². The molecule has 0 saturated carbocycles. The zero-order valence-electron chi connectivity index (χ0n) is 18.9. The largest absolute Gasteiger partial charge is 0.458 e. The van der Waals surface area contributed by atoms with E-state index >= 15 is 0 Å². The van der Waals surface area contributed by atoms with E-state index in [1.165, 1.54) is 19.2 Å². The normalized spacial score (nSPS) is 12.7. The number of ether oxygens (including phenoxy) is 2. The van der Waals surface area contributed by atoms with Gasteiger partial charge in [0.2, 0.25) is 0 Å². The van der Waals surface area contributed by atoms with Crippen molar-refractivity contribution in [3.8, 4) is 0 Å². The molecule has 0 aliphatic heterocycles. The third-order valence-electron chi connectivity index (χ3n) is 4.68. The summed E-state index contributed by atoms with van der Waals surface area (Å²) >= 11 is 5.80. The van der Waals surface area contributed by atoms with Gasteiger partial charge in [0.25, 0.3) is 0 Å². The number of nitrogens with zero attached hydrogens (tertiary/aromatic N) is 1. The molecule has 0 spiro atoms. The molecule has 0 N–H and O–H groups in total. The highest BCUT2D eigenvalue weighted by atomic mass is 35.5. The summed E-state index contributed by atoms with van der Waals surface area (Å²) < 4.78 is 49.6. The minimum Gasteiger partial charge on any atom is -0.458 e. The van der Waals surface area contributed by atoms with Gasteiger partial charge in [0.1, 0.15) is 18.2 Å². The third-order valence-corrected chi connectivity index (χ3v) is 5.00. The van der Waals surface area contributed by atoms with Gasteiger partial charge in [-0.25, -0.2) is 9.59 Å². The topological polar surface area (TPSA) is 55.8 Å². The van der Waals surface area contributed by atoms with Gasteiger partial charge in [0.05, 0.1) is 10.6 Å². The predicted molar refractivity (Wildman–Crippen MR) is 119 cm³/mol. The van der Waals surface area contributed by atoms with E-state index in [0.29, 0.717) is 5.56 Å². The van der Waals surface area contributed by atoms with Crippen LogP contribution in [0.1, 0.15) is 43.9 Å². The smallest absolute Gasteiger partial charge is 0.417 e. The van der Waals surface area contributed by atoms with Crippen molar-refractivity contribution in [3.05, 3.63) is 70.2 Å². The second kappa shape index (κ2) is 10.9. The quantitative estimate of drug-likeness (QED) is 0.434. The molecule has 0 aromatic heterocycles. The van der Waals surface area contributed by atoms with Crippen molar-refractivity contribution in [2.45, 2.75) is 58.0 Å². The van der Waals surface area contributed by atoms with E-state index in [1.54, 1.807) is 32.9 Å². The number of halogens is 4. The van der Waals surface area contributed by atoms with Gasteiger partial charge < -0.3 is 9.47 Å². The number of rotatable bonds is 7. The van der Waals surface area contributed by atoms with Gasteiger partial charge in [0.15, 0.2) is 0 Å². The summed E-state index contributed by atoms with van der Waals surface area (Å²) in [6, 6.07) is 11.5. The summed E-state index contributed by atoms with van der Waals surface area (Å²) in [5.41, 5.74) is -0.444. The molecule has 180 valence electrons. The Morgan fingerprint density at radius 1 is 1.03 bits per heavy atom. The number of carbonyl (C=O) groups is 2. The van der Waals surface area contributed by atoms with Gasteiger partial charge in [0, 0.05) is 7.05 Å². The molecule has 0 bridgehead atoms.